The lowest BCUT2D eigenvalue weighted by Crippen LogP contribution is -2.30. The summed E-state index contributed by atoms with van der Waals surface area (Å²) in [6.45, 7) is 1.75. The number of para-hydroxylation sites is 1. The van der Waals surface area contributed by atoms with E-state index < -0.39 is 5.92 Å². The number of Topliss-reactive ketones (excluding diaryl/α,β-unsaturated/α-hetero) is 1. The van der Waals surface area contributed by atoms with E-state index in [4.69, 9.17) is 9.47 Å². The molecule has 0 saturated carbocycles. The molecule has 2 amide bonds. The Hall–Kier alpha value is -3.15. The minimum atomic E-state index is -0.733. The Balaban J connectivity index is 2.09. The molecule has 0 aliphatic carbocycles. The molecule has 2 aromatic rings. The van der Waals surface area contributed by atoms with Crippen LogP contribution in [-0.4, -0.2) is 31.8 Å². The lowest BCUT2D eigenvalue weighted by atomic mass is 9.89. The molecule has 1 atom stereocenters. The Kier molecular flexibility index (Phi) is 5.26. The lowest BCUT2D eigenvalue weighted by Gasteiger charge is -2.18. The quantitative estimate of drug-likeness (QED) is 0.578. The first-order chi connectivity index (χ1) is 13.0. The molecule has 0 aromatic heterocycles. The maximum Gasteiger partial charge on any atom is 0.241 e. The summed E-state index contributed by atoms with van der Waals surface area (Å²) in [6.07, 6.45) is 0.285. The van der Waals surface area contributed by atoms with Gasteiger partial charge in [0.05, 0.1) is 25.8 Å². The van der Waals surface area contributed by atoms with Gasteiger partial charge in [-0.05, 0) is 29.8 Å². The van der Waals surface area contributed by atoms with Gasteiger partial charge in [0.1, 0.15) is 0 Å². The molecule has 27 heavy (non-hydrogen) atoms. The Bertz CT molecular complexity index is 891. The first-order valence-electron chi connectivity index (χ1n) is 8.72. The zero-order valence-corrected chi connectivity index (χ0v) is 15.5. The topological polar surface area (TPSA) is 72.9 Å². The van der Waals surface area contributed by atoms with Crippen LogP contribution in [0.3, 0.4) is 0 Å². The maximum absolute atomic E-state index is 13.1. The van der Waals surface area contributed by atoms with Crippen LogP contribution in [0.1, 0.15) is 41.6 Å². The van der Waals surface area contributed by atoms with Crippen molar-refractivity contribution in [3.8, 4) is 11.5 Å². The van der Waals surface area contributed by atoms with Crippen molar-refractivity contribution in [1.29, 1.82) is 0 Å². The highest BCUT2D eigenvalue weighted by molar-refractivity contribution is 6.23. The van der Waals surface area contributed by atoms with Gasteiger partial charge in [-0.2, -0.15) is 0 Å². The van der Waals surface area contributed by atoms with Gasteiger partial charge in [-0.25, -0.2) is 0 Å². The summed E-state index contributed by atoms with van der Waals surface area (Å²) in [4.78, 5) is 39.3. The SMILES string of the molecule is CCC(=O)c1cc(OC)c(OC)cc1[C@H]1CC(=O)N(c2ccccc2)C1=O. The number of ketones is 1. The number of hydrogen-bond donors (Lipinski definition) is 0. The molecule has 1 fully saturated rings. The third-order valence-corrected chi connectivity index (χ3v) is 4.71. The Morgan fingerprint density at radius 3 is 2.30 bits per heavy atom. The zero-order valence-electron chi connectivity index (χ0n) is 15.5. The average molecular weight is 367 g/mol. The average Bonchev–Trinajstić information content (AvgIpc) is 3.00. The molecule has 1 heterocycles. The van der Waals surface area contributed by atoms with Crippen LogP contribution in [0.5, 0.6) is 11.5 Å². The second kappa shape index (κ2) is 7.61. The van der Waals surface area contributed by atoms with Crippen LogP contribution in [0.25, 0.3) is 0 Å². The van der Waals surface area contributed by atoms with E-state index in [1.807, 2.05) is 6.07 Å². The highest BCUT2D eigenvalue weighted by atomic mass is 16.5. The Morgan fingerprint density at radius 2 is 1.70 bits per heavy atom. The predicted molar refractivity (Wildman–Crippen MR) is 100 cm³/mol. The molecule has 0 spiro atoms. The number of imide groups is 1. The molecule has 3 rings (SSSR count). The Morgan fingerprint density at radius 1 is 1.07 bits per heavy atom. The first-order valence-corrected chi connectivity index (χ1v) is 8.72. The van der Waals surface area contributed by atoms with Crippen molar-refractivity contribution in [1.82, 2.24) is 0 Å². The van der Waals surface area contributed by atoms with Crippen molar-refractivity contribution in [2.24, 2.45) is 0 Å². The van der Waals surface area contributed by atoms with Gasteiger partial charge in [-0.3, -0.25) is 19.3 Å². The number of benzene rings is 2. The van der Waals surface area contributed by atoms with Gasteiger partial charge in [0.15, 0.2) is 17.3 Å². The van der Waals surface area contributed by atoms with E-state index in [1.54, 1.807) is 43.3 Å². The third-order valence-electron chi connectivity index (χ3n) is 4.71. The second-order valence-electron chi connectivity index (χ2n) is 6.23. The van der Waals surface area contributed by atoms with E-state index in [9.17, 15) is 14.4 Å². The number of carbonyl (C=O) groups excluding carboxylic acids is 3. The predicted octanol–water partition coefficient (Wildman–Crippen LogP) is 3.34. The molecule has 0 N–H and O–H groups in total. The van der Waals surface area contributed by atoms with Gasteiger partial charge in [0.25, 0.3) is 0 Å². The van der Waals surface area contributed by atoms with Crippen LogP contribution >= 0.6 is 0 Å². The molecule has 0 unspecified atom stereocenters. The largest absolute Gasteiger partial charge is 0.493 e. The second-order valence-corrected chi connectivity index (χ2v) is 6.23. The Labute approximate surface area is 157 Å². The highest BCUT2D eigenvalue weighted by Crippen LogP contribution is 2.40. The van der Waals surface area contributed by atoms with Crippen molar-refractivity contribution in [3.63, 3.8) is 0 Å². The fourth-order valence-corrected chi connectivity index (χ4v) is 3.34. The fraction of sp³-hybridized carbons (Fsp3) is 0.286. The number of carbonyl (C=O) groups is 3. The monoisotopic (exact) mass is 367 g/mol. The van der Waals surface area contributed by atoms with E-state index in [2.05, 4.69) is 0 Å². The van der Waals surface area contributed by atoms with Gasteiger partial charge in [-0.15, -0.1) is 0 Å². The summed E-state index contributed by atoms with van der Waals surface area (Å²) in [5, 5.41) is 0. The van der Waals surface area contributed by atoms with Crippen LogP contribution in [-0.2, 0) is 9.59 Å². The van der Waals surface area contributed by atoms with Crippen LogP contribution in [0, 0.1) is 0 Å². The van der Waals surface area contributed by atoms with E-state index in [-0.39, 0.29) is 30.4 Å². The molecule has 1 aliphatic heterocycles. The molecule has 6 nitrogen and oxygen atoms in total. The molecule has 6 heteroatoms. The number of nitrogens with zero attached hydrogens (tertiary/aromatic N) is 1. The molecule has 0 radical (unpaired) electrons. The smallest absolute Gasteiger partial charge is 0.241 e. The highest BCUT2D eigenvalue weighted by Gasteiger charge is 2.42. The summed E-state index contributed by atoms with van der Waals surface area (Å²) in [6, 6.07) is 12.0. The molecular formula is C21H21NO5. The van der Waals surface area contributed by atoms with E-state index in [1.165, 1.54) is 19.1 Å². The maximum atomic E-state index is 13.1. The number of methoxy groups -OCH3 is 2. The minimum Gasteiger partial charge on any atom is -0.493 e. The normalized spacial score (nSPS) is 16.6. The van der Waals surface area contributed by atoms with E-state index in [0.29, 0.717) is 28.3 Å². The van der Waals surface area contributed by atoms with Crippen molar-refractivity contribution < 1.29 is 23.9 Å². The van der Waals surface area contributed by atoms with Gasteiger partial charge in [0, 0.05) is 18.4 Å². The van der Waals surface area contributed by atoms with Gasteiger partial charge in [0.2, 0.25) is 11.8 Å². The fourth-order valence-electron chi connectivity index (χ4n) is 3.34. The van der Waals surface area contributed by atoms with Crippen LogP contribution in [0.15, 0.2) is 42.5 Å². The molecule has 1 saturated heterocycles. The molecule has 1 aliphatic rings. The van der Waals surface area contributed by atoms with E-state index >= 15 is 0 Å². The summed E-state index contributed by atoms with van der Waals surface area (Å²) in [7, 11) is 2.97. The standard InChI is InChI=1S/C21H21NO5/c1-4-17(23)15-11-19(27-3)18(26-2)10-14(15)16-12-20(24)22(21(16)25)13-8-6-5-7-9-13/h5-11,16H,4,12H2,1-3H3/t16-/m1/s1. The molecular weight excluding hydrogens is 346 g/mol. The molecule has 140 valence electrons. The summed E-state index contributed by atoms with van der Waals surface area (Å²) in [5.74, 6) is -0.662. The number of amides is 2. The van der Waals surface area contributed by atoms with Crippen molar-refractivity contribution in [2.75, 3.05) is 19.1 Å². The summed E-state index contributed by atoms with van der Waals surface area (Å²) in [5.41, 5.74) is 1.41. The number of ether oxygens (including phenoxy) is 2. The van der Waals surface area contributed by atoms with Gasteiger partial charge < -0.3 is 9.47 Å². The lowest BCUT2D eigenvalue weighted by molar-refractivity contribution is -0.121. The third kappa shape index (κ3) is 3.30. The number of anilines is 1. The van der Waals surface area contributed by atoms with Crippen molar-refractivity contribution >= 4 is 23.3 Å². The minimum absolute atomic E-state index is 0.00715. The molecule has 0 bridgehead atoms. The van der Waals surface area contributed by atoms with Gasteiger partial charge >= 0.3 is 0 Å². The summed E-state index contributed by atoms with van der Waals surface area (Å²) < 4.78 is 10.6. The van der Waals surface area contributed by atoms with Crippen LogP contribution < -0.4 is 14.4 Å². The molecule has 2 aromatic carbocycles. The first kappa shape index (κ1) is 18.6. The van der Waals surface area contributed by atoms with Gasteiger partial charge in [-0.1, -0.05) is 25.1 Å². The zero-order chi connectivity index (χ0) is 19.6. The van der Waals surface area contributed by atoms with E-state index in [0.717, 1.165) is 0 Å². The van der Waals surface area contributed by atoms with Crippen molar-refractivity contribution in [3.05, 3.63) is 53.6 Å². The van der Waals surface area contributed by atoms with Crippen LogP contribution in [0.2, 0.25) is 0 Å². The number of hydrogen-bond acceptors (Lipinski definition) is 5. The summed E-state index contributed by atoms with van der Waals surface area (Å²) >= 11 is 0. The van der Waals surface area contributed by atoms with Crippen molar-refractivity contribution in [2.45, 2.75) is 25.7 Å². The van der Waals surface area contributed by atoms with Crippen LogP contribution in [0.4, 0.5) is 5.69 Å². The number of rotatable bonds is 6.